The van der Waals surface area contributed by atoms with Gasteiger partial charge in [-0.05, 0) is 212 Å². The summed E-state index contributed by atoms with van der Waals surface area (Å²) < 4.78 is 17.0. The molecule has 7 aromatic carbocycles. The van der Waals surface area contributed by atoms with Crippen molar-refractivity contribution >= 4 is 135 Å². The molecule has 4 N–H and O–H groups in total. The Morgan fingerprint density at radius 2 is 0.784 bits per heavy atom. The largest absolute Gasteiger partial charge is 0.506 e. The van der Waals surface area contributed by atoms with Crippen molar-refractivity contribution in [1.29, 1.82) is 0 Å². The molecule has 0 aliphatic carbocycles. The van der Waals surface area contributed by atoms with Crippen molar-refractivity contribution in [3.8, 4) is 28.7 Å². The predicted octanol–water partition coefficient (Wildman–Crippen LogP) is 14.8. The van der Waals surface area contributed by atoms with Crippen LogP contribution in [0.3, 0.4) is 0 Å². The quantitative estimate of drug-likeness (QED) is 0.0364. The van der Waals surface area contributed by atoms with Crippen LogP contribution in [-0.2, 0) is 64.8 Å². The van der Waals surface area contributed by atoms with Crippen molar-refractivity contribution < 1.29 is 39.0 Å². The van der Waals surface area contributed by atoms with E-state index < -0.39 is 11.8 Å². The maximum atomic E-state index is 13.9. The van der Waals surface area contributed by atoms with Crippen LogP contribution < -0.4 is 20.1 Å². The number of carbonyl (C=O) groups excluding carboxylic acids is 2. The number of amides is 2. The molecule has 0 atom stereocenters. The van der Waals surface area contributed by atoms with E-state index >= 15 is 0 Å². The van der Waals surface area contributed by atoms with Gasteiger partial charge in [0.1, 0.15) is 42.7 Å². The number of aromatic hydroxyl groups is 2. The summed E-state index contributed by atoms with van der Waals surface area (Å²) >= 11 is 24.7. The van der Waals surface area contributed by atoms with E-state index in [-0.39, 0.29) is 62.1 Å². The van der Waals surface area contributed by atoms with Gasteiger partial charge in [-0.25, -0.2) is 0 Å². The molecule has 0 saturated carbocycles. The van der Waals surface area contributed by atoms with Gasteiger partial charge in [0.05, 0.1) is 31.3 Å². The van der Waals surface area contributed by atoms with E-state index in [4.69, 9.17) is 19.1 Å². The highest BCUT2D eigenvalue weighted by Gasteiger charge is 2.22. The maximum Gasteiger partial charge on any atom is 0.269 e. The molecular formula is C55H45Br7N4O8. The number of nitrogens with one attached hydrogen (secondary N) is 2. The van der Waals surface area contributed by atoms with Crippen LogP contribution in [0.1, 0.15) is 38.9 Å². The average molecular weight is 1450 g/mol. The molecule has 12 nitrogen and oxygen atoms in total. The van der Waals surface area contributed by atoms with E-state index in [9.17, 15) is 19.8 Å². The highest BCUT2D eigenvalue weighted by atomic mass is 79.9. The third kappa shape index (κ3) is 16.7. The number of phenols is 2. The predicted molar refractivity (Wildman–Crippen MR) is 312 cm³/mol. The number of phenolic OH excluding ortho intramolecular Hbond substituents is 2. The summed E-state index contributed by atoms with van der Waals surface area (Å²) in [5, 5.41) is 35.0. The molecule has 74 heavy (non-hydrogen) atoms. The second kappa shape index (κ2) is 28.2. The number of ether oxygens (including phenoxy) is 2. The van der Waals surface area contributed by atoms with Crippen LogP contribution in [0.25, 0.3) is 0 Å². The molecule has 0 heterocycles. The average Bonchev–Trinajstić information content (AvgIpc) is 3.38. The lowest BCUT2D eigenvalue weighted by Crippen LogP contribution is -2.34. The van der Waals surface area contributed by atoms with Crippen molar-refractivity contribution in [2.45, 2.75) is 45.5 Å². The number of rotatable bonds is 23. The normalized spacial score (nSPS) is 11.5. The number of halogens is 7. The molecule has 0 fully saturated rings. The van der Waals surface area contributed by atoms with Crippen LogP contribution in [-0.4, -0.2) is 46.5 Å². The van der Waals surface area contributed by atoms with E-state index in [1.165, 1.54) is 0 Å². The Morgan fingerprint density at radius 1 is 0.432 bits per heavy atom. The molecular weight excluding hydrogens is 1400 g/mol. The first-order valence-corrected chi connectivity index (χ1v) is 28.3. The van der Waals surface area contributed by atoms with Crippen molar-refractivity contribution in [1.82, 2.24) is 10.6 Å². The molecule has 0 unspecified atom stereocenters. The molecule has 0 spiro atoms. The van der Waals surface area contributed by atoms with Gasteiger partial charge in [-0.3, -0.25) is 9.59 Å². The first kappa shape index (κ1) is 56.7. The summed E-state index contributed by atoms with van der Waals surface area (Å²) in [7, 11) is 0. The van der Waals surface area contributed by atoms with Gasteiger partial charge in [-0.1, -0.05) is 101 Å². The van der Waals surface area contributed by atoms with Gasteiger partial charge >= 0.3 is 0 Å². The molecule has 0 aliphatic heterocycles. The number of carbonyl (C=O) groups is 2. The van der Waals surface area contributed by atoms with Crippen LogP contribution in [0.5, 0.6) is 28.7 Å². The van der Waals surface area contributed by atoms with E-state index in [1.807, 2.05) is 109 Å². The highest BCUT2D eigenvalue weighted by molar-refractivity contribution is 9.12. The number of nitrogens with zero attached hydrogens (tertiary/aromatic N) is 2. The Kier molecular flexibility index (Phi) is 21.6. The van der Waals surface area contributed by atoms with E-state index in [0.29, 0.717) is 79.1 Å². The van der Waals surface area contributed by atoms with Gasteiger partial charge in [-0.15, -0.1) is 0 Å². The second-order valence-electron chi connectivity index (χ2n) is 16.4. The van der Waals surface area contributed by atoms with Gasteiger partial charge in [0.2, 0.25) is 0 Å². The van der Waals surface area contributed by atoms with Gasteiger partial charge < -0.3 is 40.0 Å². The SMILES string of the molecule is O=C(NCCc1cc(Br)c(O)c(Br)c1)/C(Cc1cc(Br)c(Oc2cc(C/C(=N\OCc3ccccc3)C(=O)NCCc3cc(Br)c(O)c(Br)c3)cc(Br)c2OCc2ccccc2)c(Br)c1)=N/OCc1ccccc1. The summed E-state index contributed by atoms with van der Waals surface area (Å²) in [5.41, 5.74) is 6.11. The minimum Gasteiger partial charge on any atom is -0.506 e. The Morgan fingerprint density at radius 3 is 1.19 bits per heavy atom. The van der Waals surface area contributed by atoms with Crippen LogP contribution in [0.4, 0.5) is 0 Å². The smallest absolute Gasteiger partial charge is 0.269 e. The molecule has 0 aromatic heterocycles. The Bertz CT molecular complexity index is 3080. The molecule has 0 radical (unpaired) electrons. The summed E-state index contributed by atoms with van der Waals surface area (Å²) in [6.45, 7) is 1.10. The number of hydrogen-bond donors (Lipinski definition) is 4. The standard InChI is InChI=1S/C55H45Br7N4O8/c56-40-20-36(21-41(57)50(40)67)16-18-63-54(69)47(65-72-31-34-12-6-2-7-13-34)27-38-24-44(60)52(45(61)25-38)74-49-29-39(26-46(62)53(49)71-30-33-10-4-1-5-11-33)28-48(66-73-32-35-14-8-3-9-15-35)55(70)64-19-17-37-22-42(58)51(68)43(59)23-37/h1-15,20-26,29,67-68H,16-19,27-28,30-32H2,(H,63,69)(H,64,70)/b65-47+,66-48+. The van der Waals surface area contributed by atoms with Crippen LogP contribution in [0.15, 0.2) is 181 Å². The molecule has 0 saturated heterocycles. The fourth-order valence-corrected chi connectivity index (χ4v) is 11.8. The molecule has 0 aliphatic rings. The first-order valence-electron chi connectivity index (χ1n) is 22.7. The third-order valence-corrected chi connectivity index (χ3v) is 15.1. The zero-order chi connectivity index (χ0) is 52.6. The summed E-state index contributed by atoms with van der Waals surface area (Å²) in [6, 6.07) is 43.3. The van der Waals surface area contributed by atoms with Gasteiger partial charge in [-0.2, -0.15) is 0 Å². The minimum absolute atomic E-state index is 0.0483. The topological polar surface area (TPSA) is 160 Å². The fraction of sp³-hybridized carbons (Fsp3) is 0.164. The number of oxime groups is 2. The van der Waals surface area contributed by atoms with Crippen LogP contribution in [0.2, 0.25) is 0 Å². The monoisotopic (exact) mass is 1440 g/mol. The van der Waals surface area contributed by atoms with E-state index in [0.717, 1.165) is 27.8 Å². The zero-order valence-corrected chi connectivity index (χ0v) is 50.1. The molecule has 7 aromatic rings. The summed E-state index contributed by atoms with van der Waals surface area (Å²) in [6.07, 6.45) is 1.11. The minimum atomic E-state index is -0.431. The number of hydrogen-bond acceptors (Lipinski definition) is 10. The van der Waals surface area contributed by atoms with Crippen LogP contribution in [0, 0.1) is 0 Å². The maximum absolute atomic E-state index is 13.9. The lowest BCUT2D eigenvalue weighted by Gasteiger charge is -2.18. The van der Waals surface area contributed by atoms with E-state index in [2.05, 4.69) is 132 Å². The third-order valence-electron chi connectivity index (χ3n) is 10.9. The number of benzene rings is 7. The first-order chi connectivity index (χ1) is 35.7. The van der Waals surface area contributed by atoms with Gasteiger partial charge in [0.15, 0.2) is 17.2 Å². The Balaban J connectivity index is 1.14. The van der Waals surface area contributed by atoms with Crippen molar-refractivity contribution in [3.63, 3.8) is 0 Å². The Labute approximate surface area is 487 Å². The molecule has 19 heteroatoms. The summed E-state index contributed by atoms with van der Waals surface area (Å²) in [5.74, 6) is 0.488. The van der Waals surface area contributed by atoms with E-state index in [1.54, 1.807) is 30.3 Å². The molecule has 2 amide bonds. The van der Waals surface area contributed by atoms with Gasteiger partial charge in [0.25, 0.3) is 11.8 Å². The lowest BCUT2D eigenvalue weighted by molar-refractivity contribution is -0.115. The van der Waals surface area contributed by atoms with Crippen molar-refractivity contribution in [2.75, 3.05) is 13.1 Å². The Hall–Kier alpha value is -5.02. The highest BCUT2D eigenvalue weighted by Crippen LogP contribution is 2.45. The lowest BCUT2D eigenvalue weighted by atomic mass is 10.1. The second-order valence-corrected chi connectivity index (χ2v) is 22.4. The van der Waals surface area contributed by atoms with Crippen molar-refractivity contribution in [2.24, 2.45) is 10.3 Å². The molecule has 7 rings (SSSR count). The van der Waals surface area contributed by atoms with Crippen molar-refractivity contribution in [3.05, 3.63) is 210 Å². The van der Waals surface area contributed by atoms with Gasteiger partial charge in [0, 0.05) is 25.9 Å². The molecule has 382 valence electrons. The molecule has 0 bridgehead atoms. The fourth-order valence-electron chi connectivity index (χ4n) is 7.17. The van der Waals surface area contributed by atoms with Crippen LogP contribution >= 0.6 is 112 Å². The summed E-state index contributed by atoms with van der Waals surface area (Å²) in [4.78, 5) is 39.3. The zero-order valence-electron chi connectivity index (χ0n) is 39.0.